The number of hydrogen-bond acceptors (Lipinski definition) is 3. The quantitative estimate of drug-likeness (QED) is 0.892. The maximum Gasteiger partial charge on any atom is 0.272 e. The van der Waals surface area contributed by atoms with Gasteiger partial charge in [0, 0.05) is 39.9 Å². The molecule has 1 aliphatic carbocycles. The lowest BCUT2D eigenvalue weighted by Crippen LogP contribution is -2.33. The number of hydrogen-bond donors (Lipinski definition) is 1. The van der Waals surface area contributed by atoms with E-state index in [0.29, 0.717) is 16.8 Å². The predicted octanol–water partition coefficient (Wildman–Crippen LogP) is 4.02. The number of benzene rings is 1. The lowest BCUT2D eigenvalue weighted by Gasteiger charge is -2.18. The zero-order valence-electron chi connectivity index (χ0n) is 12.9. The minimum absolute atomic E-state index is 0.0418. The van der Waals surface area contributed by atoms with Gasteiger partial charge in [-0.15, -0.1) is 11.8 Å². The largest absolute Gasteiger partial charge is 0.348 e. The summed E-state index contributed by atoms with van der Waals surface area (Å²) in [4.78, 5) is 13.8. The highest BCUT2D eigenvalue weighted by atomic mass is 35.5. The summed E-state index contributed by atoms with van der Waals surface area (Å²) in [7, 11) is 1.89. The summed E-state index contributed by atoms with van der Waals surface area (Å²) in [5.41, 5.74) is 3.66. The van der Waals surface area contributed by atoms with Crippen molar-refractivity contribution in [2.24, 2.45) is 7.05 Å². The van der Waals surface area contributed by atoms with Crippen LogP contribution < -0.4 is 5.32 Å². The molecule has 4 nitrogen and oxygen atoms in total. The smallest absolute Gasteiger partial charge is 0.272 e. The number of thioether (sulfide) groups is 1. The van der Waals surface area contributed by atoms with E-state index in [1.165, 1.54) is 17.7 Å². The fourth-order valence-electron chi connectivity index (χ4n) is 3.51. The topological polar surface area (TPSA) is 46.9 Å². The molecule has 4 rings (SSSR count). The third-order valence-electron chi connectivity index (χ3n) is 4.62. The van der Waals surface area contributed by atoms with Gasteiger partial charge >= 0.3 is 0 Å². The van der Waals surface area contributed by atoms with E-state index in [9.17, 15) is 4.79 Å². The molecule has 1 N–H and O–H groups in total. The highest BCUT2D eigenvalue weighted by Gasteiger charge is 2.29. The monoisotopic (exact) mass is 347 g/mol. The molecule has 2 heterocycles. The maximum atomic E-state index is 12.6. The van der Waals surface area contributed by atoms with Crippen LogP contribution in [0.2, 0.25) is 5.02 Å². The molecular weight excluding hydrogens is 330 g/mol. The number of aryl methyl sites for hydroxylation is 1. The van der Waals surface area contributed by atoms with E-state index in [1.807, 2.05) is 29.9 Å². The number of carbonyl (C=O) groups is 1. The Labute approximate surface area is 144 Å². The second-order valence-electron chi connectivity index (χ2n) is 6.18. The van der Waals surface area contributed by atoms with Crippen molar-refractivity contribution in [3.63, 3.8) is 0 Å². The maximum absolute atomic E-state index is 12.6. The SMILES string of the molecule is Cn1nc(C(=O)NC2CCCC2)c2c1-c1cc(Cl)ccc1SC2. The molecule has 0 atom stereocenters. The first kappa shape index (κ1) is 15.1. The number of fused-ring (bicyclic) bond motifs is 3. The molecule has 6 heteroatoms. The molecule has 0 radical (unpaired) electrons. The summed E-state index contributed by atoms with van der Waals surface area (Å²) in [5, 5.41) is 8.36. The van der Waals surface area contributed by atoms with Crippen LogP contribution in [0.25, 0.3) is 11.3 Å². The van der Waals surface area contributed by atoms with Crippen LogP contribution in [-0.2, 0) is 12.8 Å². The van der Waals surface area contributed by atoms with Crippen LogP contribution in [0.15, 0.2) is 23.1 Å². The molecule has 1 saturated carbocycles. The Morgan fingerprint density at radius 1 is 1.39 bits per heavy atom. The summed E-state index contributed by atoms with van der Waals surface area (Å²) in [5.74, 6) is 0.727. The molecule has 1 aromatic heterocycles. The van der Waals surface area contributed by atoms with Gasteiger partial charge in [-0.25, -0.2) is 0 Å². The minimum atomic E-state index is -0.0418. The Morgan fingerprint density at radius 3 is 2.96 bits per heavy atom. The van der Waals surface area contributed by atoms with Gasteiger partial charge in [-0.2, -0.15) is 5.10 Å². The number of rotatable bonds is 2. The van der Waals surface area contributed by atoms with Crippen LogP contribution in [0, 0.1) is 0 Å². The minimum Gasteiger partial charge on any atom is -0.348 e. The Morgan fingerprint density at radius 2 is 2.17 bits per heavy atom. The van der Waals surface area contributed by atoms with Gasteiger partial charge < -0.3 is 5.32 Å². The lowest BCUT2D eigenvalue weighted by atomic mass is 10.1. The van der Waals surface area contributed by atoms with Crippen LogP contribution in [0.1, 0.15) is 41.7 Å². The van der Waals surface area contributed by atoms with E-state index in [0.717, 1.165) is 35.4 Å². The number of nitrogens with one attached hydrogen (secondary N) is 1. The normalized spacial score (nSPS) is 17.0. The Hall–Kier alpha value is -1.46. The zero-order chi connectivity index (χ0) is 16.0. The van der Waals surface area contributed by atoms with Crippen molar-refractivity contribution in [1.29, 1.82) is 0 Å². The van der Waals surface area contributed by atoms with E-state index < -0.39 is 0 Å². The van der Waals surface area contributed by atoms with Gasteiger partial charge in [0.25, 0.3) is 5.91 Å². The van der Waals surface area contributed by atoms with Crippen LogP contribution in [0.5, 0.6) is 0 Å². The molecule has 23 heavy (non-hydrogen) atoms. The van der Waals surface area contributed by atoms with Gasteiger partial charge in [0.2, 0.25) is 0 Å². The first-order chi connectivity index (χ1) is 11.1. The van der Waals surface area contributed by atoms with Crippen molar-refractivity contribution in [3.05, 3.63) is 34.5 Å². The first-order valence-electron chi connectivity index (χ1n) is 7.93. The van der Waals surface area contributed by atoms with Crippen LogP contribution in [-0.4, -0.2) is 21.7 Å². The molecule has 2 aromatic rings. The Kier molecular flexibility index (Phi) is 3.85. The second-order valence-corrected chi connectivity index (χ2v) is 7.64. The highest BCUT2D eigenvalue weighted by molar-refractivity contribution is 7.98. The summed E-state index contributed by atoms with van der Waals surface area (Å²) < 4.78 is 1.81. The van der Waals surface area contributed by atoms with Crippen molar-refractivity contribution >= 4 is 29.3 Å². The van der Waals surface area contributed by atoms with Gasteiger partial charge in [-0.3, -0.25) is 9.48 Å². The average molecular weight is 348 g/mol. The van der Waals surface area contributed by atoms with Crippen molar-refractivity contribution in [3.8, 4) is 11.3 Å². The fourth-order valence-corrected chi connectivity index (χ4v) is 4.73. The highest BCUT2D eigenvalue weighted by Crippen LogP contribution is 2.43. The standard InChI is InChI=1S/C17H18ClN3OS/c1-21-16-12-8-10(18)6-7-14(12)23-9-13(16)15(20-21)17(22)19-11-4-2-3-5-11/h6-8,11H,2-5,9H2,1H3,(H,19,22). The van der Waals surface area contributed by atoms with Gasteiger partial charge in [-0.05, 0) is 31.0 Å². The third-order valence-corrected chi connectivity index (χ3v) is 5.95. The molecule has 1 amide bonds. The molecule has 1 fully saturated rings. The van der Waals surface area contributed by atoms with Crippen LogP contribution in [0.4, 0.5) is 0 Å². The van der Waals surface area contributed by atoms with E-state index in [4.69, 9.17) is 11.6 Å². The molecule has 1 aliphatic heterocycles. The number of carbonyl (C=O) groups excluding carboxylic acids is 1. The number of halogens is 1. The van der Waals surface area contributed by atoms with E-state index in [2.05, 4.69) is 10.4 Å². The Balaban J connectivity index is 1.72. The van der Waals surface area contributed by atoms with Gasteiger partial charge in [0.1, 0.15) is 0 Å². The lowest BCUT2D eigenvalue weighted by molar-refractivity contribution is 0.0931. The van der Waals surface area contributed by atoms with Crippen molar-refractivity contribution < 1.29 is 4.79 Å². The first-order valence-corrected chi connectivity index (χ1v) is 9.29. The number of nitrogens with zero attached hydrogens (tertiary/aromatic N) is 2. The fraction of sp³-hybridized carbons (Fsp3) is 0.412. The molecular formula is C17H18ClN3OS. The summed E-state index contributed by atoms with van der Waals surface area (Å²) in [6.45, 7) is 0. The van der Waals surface area contributed by atoms with Crippen molar-refractivity contribution in [1.82, 2.24) is 15.1 Å². The van der Waals surface area contributed by atoms with Gasteiger partial charge in [0.05, 0.1) is 5.69 Å². The summed E-state index contributed by atoms with van der Waals surface area (Å²) in [6.07, 6.45) is 4.56. The Bertz CT molecular complexity index is 780. The van der Waals surface area contributed by atoms with E-state index >= 15 is 0 Å². The average Bonchev–Trinajstić information content (AvgIpc) is 3.15. The van der Waals surface area contributed by atoms with Crippen molar-refractivity contribution in [2.45, 2.75) is 42.4 Å². The molecule has 120 valence electrons. The third kappa shape index (κ3) is 2.66. The molecule has 0 bridgehead atoms. The van der Waals surface area contributed by atoms with Crippen molar-refractivity contribution in [2.75, 3.05) is 0 Å². The number of amides is 1. The number of aromatic nitrogens is 2. The van der Waals surface area contributed by atoms with Crippen LogP contribution >= 0.6 is 23.4 Å². The predicted molar refractivity (Wildman–Crippen MR) is 92.9 cm³/mol. The summed E-state index contributed by atoms with van der Waals surface area (Å²) in [6, 6.07) is 6.21. The molecule has 0 saturated heterocycles. The molecule has 0 unspecified atom stereocenters. The van der Waals surface area contributed by atoms with E-state index in [1.54, 1.807) is 11.8 Å². The molecule has 2 aliphatic rings. The molecule has 1 aromatic carbocycles. The molecule has 0 spiro atoms. The van der Waals surface area contributed by atoms with E-state index in [-0.39, 0.29) is 5.91 Å². The van der Waals surface area contributed by atoms with Gasteiger partial charge in [0.15, 0.2) is 5.69 Å². The summed E-state index contributed by atoms with van der Waals surface area (Å²) >= 11 is 7.90. The van der Waals surface area contributed by atoms with Crippen LogP contribution in [0.3, 0.4) is 0 Å². The second kappa shape index (κ2) is 5.87. The zero-order valence-corrected chi connectivity index (χ0v) is 14.5. The van der Waals surface area contributed by atoms with Gasteiger partial charge in [-0.1, -0.05) is 24.4 Å².